The zero-order chi connectivity index (χ0) is 20.4. The molecular weight excluding hydrogens is 398 g/mol. The second-order valence-electron chi connectivity index (χ2n) is 7.87. The molecule has 0 aliphatic carbocycles. The number of thiophene rings is 1. The first kappa shape index (κ1) is 17.6. The number of H-pyrrole nitrogens is 1. The summed E-state index contributed by atoms with van der Waals surface area (Å²) in [6.07, 6.45) is 1.80. The van der Waals surface area contributed by atoms with Crippen molar-refractivity contribution in [3.63, 3.8) is 0 Å². The first-order valence-electron chi connectivity index (χ1n) is 9.96. The Balaban J connectivity index is 1.61. The van der Waals surface area contributed by atoms with E-state index in [1.165, 1.54) is 0 Å². The molecule has 5 heterocycles. The Kier molecular flexibility index (Phi) is 3.75. The number of nitrogens with one attached hydrogen (secondary N) is 3. The number of carbonyl (C=O) groups is 2. The van der Waals surface area contributed by atoms with Crippen molar-refractivity contribution in [3.05, 3.63) is 53.2 Å². The number of hydrogen-bond donors (Lipinski definition) is 3. The van der Waals surface area contributed by atoms with Crippen molar-refractivity contribution in [1.82, 2.24) is 25.4 Å². The molecule has 150 valence electrons. The minimum atomic E-state index is -0.395. The number of benzene rings is 1. The molecule has 3 N–H and O–H groups in total. The number of amides is 2. The van der Waals surface area contributed by atoms with Crippen molar-refractivity contribution >= 4 is 55.4 Å². The predicted octanol–water partition coefficient (Wildman–Crippen LogP) is 2.93. The fourth-order valence-electron chi connectivity index (χ4n) is 4.43. The Labute approximate surface area is 175 Å². The molecule has 1 atom stereocenters. The lowest BCUT2D eigenvalue weighted by Gasteiger charge is -2.33. The van der Waals surface area contributed by atoms with Gasteiger partial charge < -0.3 is 10.3 Å². The van der Waals surface area contributed by atoms with Gasteiger partial charge in [0, 0.05) is 41.5 Å². The van der Waals surface area contributed by atoms with Crippen LogP contribution < -0.4 is 10.6 Å². The minimum Gasteiger partial charge on any atom is -0.352 e. The average molecular weight is 417 g/mol. The van der Waals surface area contributed by atoms with Crippen LogP contribution in [0.5, 0.6) is 0 Å². The highest BCUT2D eigenvalue weighted by Crippen LogP contribution is 2.39. The summed E-state index contributed by atoms with van der Waals surface area (Å²) < 4.78 is 2.01. The van der Waals surface area contributed by atoms with Crippen LogP contribution in [0.15, 0.2) is 41.9 Å². The standard InChI is InChI=1S/C22H19N5O2S/c1-11(12-8-23-9-12)27-16-5-3-2-4-14(16)19(26-27)18-17(20(28)25-21(18)29)15-10-24-22-13(15)6-7-30-22/h2-7,10-12,23-24H,8-9H2,1H3,(H,25,28,29). The third-order valence-corrected chi connectivity index (χ3v) is 7.08. The zero-order valence-corrected chi connectivity index (χ0v) is 17.0. The number of para-hydroxylation sites is 1. The molecule has 1 aromatic carbocycles. The topological polar surface area (TPSA) is 91.8 Å². The van der Waals surface area contributed by atoms with Crippen LogP contribution >= 0.6 is 11.3 Å². The fraction of sp³-hybridized carbons (Fsp3) is 0.227. The van der Waals surface area contributed by atoms with Gasteiger partial charge in [-0.05, 0) is 24.4 Å². The van der Waals surface area contributed by atoms with Gasteiger partial charge in [0.25, 0.3) is 11.8 Å². The summed E-state index contributed by atoms with van der Waals surface area (Å²) in [7, 11) is 0. The molecule has 30 heavy (non-hydrogen) atoms. The molecule has 0 saturated carbocycles. The van der Waals surface area contributed by atoms with E-state index in [1.807, 2.05) is 40.4 Å². The Morgan fingerprint density at radius 2 is 1.90 bits per heavy atom. The maximum Gasteiger partial charge on any atom is 0.261 e. The number of imide groups is 1. The normalized spacial score (nSPS) is 18.4. The minimum absolute atomic E-state index is 0.185. The van der Waals surface area contributed by atoms with Gasteiger partial charge in [0.1, 0.15) is 10.5 Å². The SMILES string of the molecule is CC(C1CNC1)n1nc(C2=C(c3c[nH]c4sccc34)C(=O)NC2=O)c2ccccc21. The molecule has 7 nitrogen and oxygen atoms in total. The van der Waals surface area contributed by atoms with Gasteiger partial charge in [-0.1, -0.05) is 18.2 Å². The predicted molar refractivity (Wildman–Crippen MR) is 117 cm³/mol. The van der Waals surface area contributed by atoms with Crippen molar-refractivity contribution in [2.24, 2.45) is 5.92 Å². The van der Waals surface area contributed by atoms with Crippen LogP contribution in [0.3, 0.4) is 0 Å². The molecule has 1 unspecified atom stereocenters. The van der Waals surface area contributed by atoms with Gasteiger partial charge in [-0.15, -0.1) is 11.3 Å². The summed E-state index contributed by atoms with van der Waals surface area (Å²) in [5.74, 6) is -0.284. The van der Waals surface area contributed by atoms with Gasteiger partial charge in [0.2, 0.25) is 0 Å². The quantitative estimate of drug-likeness (QED) is 0.445. The Morgan fingerprint density at radius 3 is 2.70 bits per heavy atom. The molecule has 4 aromatic rings. The number of nitrogens with zero attached hydrogens (tertiary/aromatic N) is 2. The van der Waals surface area contributed by atoms with Crippen LogP contribution in [0, 0.1) is 5.92 Å². The molecular formula is C22H19N5O2S. The molecule has 1 saturated heterocycles. The third kappa shape index (κ3) is 2.37. The zero-order valence-electron chi connectivity index (χ0n) is 16.2. The molecule has 8 heteroatoms. The first-order chi connectivity index (χ1) is 14.6. The molecule has 0 radical (unpaired) electrons. The van der Waals surface area contributed by atoms with Crippen LogP contribution in [-0.2, 0) is 9.59 Å². The van der Waals surface area contributed by atoms with Crippen molar-refractivity contribution in [3.8, 4) is 0 Å². The van der Waals surface area contributed by atoms with Gasteiger partial charge in [-0.25, -0.2) is 0 Å². The molecule has 0 bridgehead atoms. The second kappa shape index (κ2) is 6.38. The van der Waals surface area contributed by atoms with E-state index in [2.05, 4.69) is 22.5 Å². The van der Waals surface area contributed by atoms with E-state index in [-0.39, 0.29) is 11.9 Å². The average Bonchev–Trinajstić information content (AvgIpc) is 3.42. The molecule has 3 aromatic heterocycles. The molecule has 2 aliphatic rings. The Hall–Kier alpha value is -3.23. The van der Waals surface area contributed by atoms with Gasteiger partial charge in [0.15, 0.2) is 0 Å². The summed E-state index contributed by atoms with van der Waals surface area (Å²) in [5.41, 5.74) is 3.01. The van der Waals surface area contributed by atoms with E-state index in [4.69, 9.17) is 5.10 Å². The highest BCUT2D eigenvalue weighted by atomic mass is 32.1. The summed E-state index contributed by atoms with van der Waals surface area (Å²) in [4.78, 5) is 29.9. The van der Waals surface area contributed by atoms with Gasteiger partial charge in [-0.2, -0.15) is 5.10 Å². The maximum atomic E-state index is 12.9. The molecule has 2 amide bonds. The largest absolute Gasteiger partial charge is 0.352 e. The van der Waals surface area contributed by atoms with Gasteiger partial charge in [0.05, 0.1) is 22.7 Å². The first-order valence-corrected chi connectivity index (χ1v) is 10.8. The molecule has 6 rings (SSSR count). The summed E-state index contributed by atoms with van der Waals surface area (Å²) in [5, 5.41) is 14.5. The lowest BCUT2D eigenvalue weighted by Crippen LogP contribution is -2.46. The fourth-order valence-corrected chi connectivity index (χ4v) is 5.20. The van der Waals surface area contributed by atoms with Crippen molar-refractivity contribution in [1.29, 1.82) is 0 Å². The van der Waals surface area contributed by atoms with E-state index in [0.29, 0.717) is 22.8 Å². The van der Waals surface area contributed by atoms with Crippen LogP contribution in [0.1, 0.15) is 24.2 Å². The lowest BCUT2D eigenvalue weighted by molar-refractivity contribution is -0.122. The highest BCUT2D eigenvalue weighted by Gasteiger charge is 2.37. The second-order valence-corrected chi connectivity index (χ2v) is 8.78. The molecule has 1 fully saturated rings. The van der Waals surface area contributed by atoms with Crippen LogP contribution in [0.4, 0.5) is 0 Å². The van der Waals surface area contributed by atoms with Crippen LogP contribution in [-0.4, -0.2) is 39.7 Å². The number of hydrogen-bond acceptors (Lipinski definition) is 5. The number of aromatic nitrogens is 3. The number of rotatable bonds is 4. The monoisotopic (exact) mass is 417 g/mol. The summed E-state index contributed by atoms with van der Waals surface area (Å²) in [6.45, 7) is 4.07. The van der Waals surface area contributed by atoms with Crippen molar-refractivity contribution < 1.29 is 9.59 Å². The van der Waals surface area contributed by atoms with E-state index in [9.17, 15) is 9.59 Å². The summed E-state index contributed by atoms with van der Waals surface area (Å²) in [6, 6.07) is 10.1. The van der Waals surface area contributed by atoms with E-state index in [0.717, 1.165) is 39.8 Å². The smallest absolute Gasteiger partial charge is 0.261 e. The number of aromatic amines is 1. The highest BCUT2D eigenvalue weighted by molar-refractivity contribution is 7.16. The molecule has 0 spiro atoms. The Morgan fingerprint density at radius 1 is 1.10 bits per heavy atom. The summed E-state index contributed by atoms with van der Waals surface area (Å²) >= 11 is 1.57. The lowest BCUT2D eigenvalue weighted by atomic mass is 9.95. The number of fused-ring (bicyclic) bond motifs is 2. The van der Waals surface area contributed by atoms with Crippen molar-refractivity contribution in [2.75, 3.05) is 13.1 Å². The van der Waals surface area contributed by atoms with E-state index < -0.39 is 5.91 Å². The van der Waals surface area contributed by atoms with Gasteiger partial charge >= 0.3 is 0 Å². The van der Waals surface area contributed by atoms with Gasteiger partial charge in [-0.3, -0.25) is 19.6 Å². The van der Waals surface area contributed by atoms with Crippen LogP contribution in [0.2, 0.25) is 0 Å². The molecule has 2 aliphatic heterocycles. The van der Waals surface area contributed by atoms with E-state index in [1.54, 1.807) is 17.5 Å². The maximum absolute atomic E-state index is 12.9. The third-order valence-electron chi connectivity index (χ3n) is 6.24. The Bertz CT molecular complexity index is 1370. The number of carbonyl (C=O) groups excluding carboxylic acids is 2. The van der Waals surface area contributed by atoms with E-state index >= 15 is 0 Å². The van der Waals surface area contributed by atoms with Crippen LogP contribution in [0.25, 0.3) is 32.3 Å². The van der Waals surface area contributed by atoms with Crippen molar-refractivity contribution in [2.45, 2.75) is 13.0 Å².